The molecule has 1 aliphatic heterocycles. The Hall–Kier alpha value is -4.19. The number of anilines is 1. The lowest BCUT2D eigenvalue weighted by atomic mass is 9.93. The van der Waals surface area contributed by atoms with Crippen molar-refractivity contribution in [2.45, 2.75) is 160 Å². The van der Waals surface area contributed by atoms with Gasteiger partial charge in [0.05, 0.1) is 30.5 Å². The first-order valence-electron chi connectivity index (χ1n) is 23.7. The number of nitriles is 2. The van der Waals surface area contributed by atoms with Crippen LogP contribution in [0.1, 0.15) is 147 Å². The van der Waals surface area contributed by atoms with E-state index < -0.39 is 44.1 Å². The maximum atomic E-state index is 14.8. The van der Waals surface area contributed by atoms with Crippen LogP contribution in [0.3, 0.4) is 0 Å². The van der Waals surface area contributed by atoms with E-state index >= 15 is 0 Å². The smallest absolute Gasteiger partial charge is 0.402 e. The minimum atomic E-state index is -4.67. The number of para-hydroxylation sites is 1. The van der Waals surface area contributed by atoms with Gasteiger partial charge in [-0.3, -0.25) is 9.05 Å². The average Bonchev–Trinajstić information content (AvgIpc) is 3.91. The number of rotatable bonds is 33. The lowest BCUT2D eigenvalue weighted by Gasteiger charge is -2.33. The fourth-order valence-electron chi connectivity index (χ4n) is 7.89. The van der Waals surface area contributed by atoms with Crippen LogP contribution in [0.5, 0.6) is 5.75 Å². The van der Waals surface area contributed by atoms with E-state index in [-0.39, 0.29) is 42.1 Å². The Kier molecular flexibility index (Phi) is 22.2. The molecule has 5 atom stereocenters. The largest absolute Gasteiger partial charge is 0.530 e. The Morgan fingerprint density at radius 2 is 1.55 bits per heavy atom. The molecule has 0 spiro atoms. The number of ether oxygens (including phenoxy) is 5. The van der Waals surface area contributed by atoms with E-state index in [1.54, 1.807) is 67.0 Å². The van der Waals surface area contributed by atoms with Crippen molar-refractivity contribution < 1.29 is 41.8 Å². The number of phosphoric acid groups is 1. The molecule has 1 aliphatic rings. The molecule has 16 nitrogen and oxygen atoms in total. The minimum absolute atomic E-state index is 0.0183. The van der Waals surface area contributed by atoms with Crippen LogP contribution in [-0.2, 0) is 43.9 Å². The predicted octanol–water partition coefficient (Wildman–Crippen LogP) is 11.4. The number of nitrogens with two attached hydrogens (primary N) is 1. The van der Waals surface area contributed by atoms with Gasteiger partial charge in [0, 0.05) is 19.9 Å². The van der Waals surface area contributed by atoms with E-state index in [4.69, 9.17) is 54.6 Å². The molecule has 1 unspecified atom stereocenters. The summed E-state index contributed by atoms with van der Waals surface area (Å²) in [4.78, 5) is 8.21. The maximum Gasteiger partial charge on any atom is 0.530 e. The summed E-state index contributed by atoms with van der Waals surface area (Å²) in [6, 6.07) is 17.4. The Morgan fingerprint density at radius 1 is 0.881 bits per heavy atom. The van der Waals surface area contributed by atoms with Crippen molar-refractivity contribution in [1.82, 2.24) is 19.6 Å². The number of unbranched alkanes of at least 4 members (excludes halogenated alkanes) is 15. The first kappa shape index (κ1) is 53.8. The van der Waals surface area contributed by atoms with E-state index in [0.29, 0.717) is 23.4 Å². The van der Waals surface area contributed by atoms with E-state index in [2.05, 4.69) is 28.1 Å². The number of halogens is 1. The molecule has 1 fully saturated rings. The number of phosphoric ester groups is 1. The first-order chi connectivity index (χ1) is 32.4. The van der Waals surface area contributed by atoms with E-state index in [9.17, 15) is 15.1 Å². The third-order valence-electron chi connectivity index (χ3n) is 11.7. The fourth-order valence-corrected chi connectivity index (χ4v) is 9.39. The van der Waals surface area contributed by atoms with Crippen LogP contribution in [0.15, 0.2) is 61.1 Å². The second-order valence-corrected chi connectivity index (χ2v) is 19.4. The fraction of sp³-hybridized carbons (Fsp3) is 0.612. The van der Waals surface area contributed by atoms with E-state index in [0.717, 1.165) is 19.3 Å². The second kappa shape index (κ2) is 27.7. The average molecular weight is 967 g/mol. The van der Waals surface area contributed by atoms with Gasteiger partial charge in [-0.1, -0.05) is 133 Å². The molecule has 1 aromatic carbocycles. The molecule has 0 aliphatic carbocycles. The molecule has 0 radical (unpaired) electrons. The number of pyridine rings is 1. The molecule has 3 aromatic heterocycles. The van der Waals surface area contributed by atoms with Crippen molar-refractivity contribution in [2.24, 2.45) is 0 Å². The van der Waals surface area contributed by atoms with Crippen LogP contribution in [0.4, 0.5) is 5.82 Å². The zero-order valence-electron chi connectivity index (χ0n) is 39.6. The summed E-state index contributed by atoms with van der Waals surface area (Å²) >= 11 is 6.47. The number of nitrogen functional groups attached to an aromatic ring is 1. The lowest BCUT2D eigenvalue weighted by molar-refractivity contribution is -0.171. The molecule has 1 saturated heterocycles. The topological polar surface area (TPSA) is 208 Å². The van der Waals surface area contributed by atoms with Gasteiger partial charge in [-0.15, -0.1) is 0 Å². The number of fused-ring (bicyclic) bond motifs is 1. The van der Waals surface area contributed by atoms with E-state index in [1.165, 1.54) is 103 Å². The molecule has 0 saturated carbocycles. The summed E-state index contributed by atoms with van der Waals surface area (Å²) in [6.45, 7) is 5.36. The molecule has 366 valence electrons. The molecule has 67 heavy (non-hydrogen) atoms. The summed E-state index contributed by atoms with van der Waals surface area (Å²) in [5.41, 5.74) is 6.18. The van der Waals surface area contributed by atoms with Gasteiger partial charge in [-0.05, 0) is 56.2 Å². The maximum absolute atomic E-state index is 14.8. The number of aromatic nitrogens is 4. The highest BCUT2D eigenvalue weighted by atomic mass is 35.5. The number of hydrogen-bond donors (Lipinski definition) is 1. The quantitative estimate of drug-likeness (QED) is 0.0348. The molecular weight excluding hydrogens is 897 g/mol. The molecule has 0 amide bonds. The van der Waals surface area contributed by atoms with Crippen molar-refractivity contribution in [3.05, 3.63) is 83.0 Å². The van der Waals surface area contributed by atoms with Crippen molar-refractivity contribution in [1.29, 1.82) is 10.5 Å². The third kappa shape index (κ3) is 16.8. The number of methoxy groups -OCH3 is 1. The van der Waals surface area contributed by atoms with Crippen molar-refractivity contribution in [3.8, 4) is 17.9 Å². The van der Waals surface area contributed by atoms with Crippen LogP contribution in [0, 0.1) is 22.7 Å². The molecular formula is C49H69ClN7O9P. The van der Waals surface area contributed by atoms with Crippen LogP contribution in [0.25, 0.3) is 5.52 Å². The summed E-state index contributed by atoms with van der Waals surface area (Å²) in [5.74, 6) is -0.938. The van der Waals surface area contributed by atoms with E-state index in [1.807, 2.05) is 6.07 Å². The van der Waals surface area contributed by atoms with Gasteiger partial charge in [0.15, 0.2) is 11.6 Å². The van der Waals surface area contributed by atoms with Gasteiger partial charge in [-0.2, -0.15) is 15.6 Å². The molecule has 4 heterocycles. The summed E-state index contributed by atoms with van der Waals surface area (Å²) in [6.07, 6.45) is 20.4. The number of hydrogen-bond acceptors (Lipinski definition) is 15. The van der Waals surface area contributed by atoms with Crippen molar-refractivity contribution >= 4 is 30.8 Å². The van der Waals surface area contributed by atoms with Gasteiger partial charge >= 0.3 is 7.82 Å². The van der Waals surface area contributed by atoms with Crippen LogP contribution in [-0.4, -0.2) is 76.7 Å². The normalized spacial score (nSPS) is 18.0. The Labute approximate surface area is 401 Å². The predicted molar refractivity (Wildman–Crippen MR) is 255 cm³/mol. The minimum Gasteiger partial charge on any atom is -0.402 e. The van der Waals surface area contributed by atoms with Gasteiger partial charge < -0.3 is 33.9 Å². The van der Waals surface area contributed by atoms with Gasteiger partial charge in [0.2, 0.25) is 5.60 Å². The van der Waals surface area contributed by atoms with Crippen LogP contribution in [0.2, 0.25) is 5.02 Å². The van der Waals surface area contributed by atoms with Crippen LogP contribution < -0.4 is 10.3 Å². The molecule has 18 heteroatoms. The highest BCUT2D eigenvalue weighted by Gasteiger charge is 2.56. The molecule has 0 bridgehead atoms. The summed E-state index contributed by atoms with van der Waals surface area (Å²) in [5, 5.41) is 24.5. The van der Waals surface area contributed by atoms with Gasteiger partial charge in [0.1, 0.15) is 60.3 Å². The van der Waals surface area contributed by atoms with Crippen molar-refractivity contribution in [2.75, 3.05) is 39.3 Å². The van der Waals surface area contributed by atoms with Crippen LogP contribution >= 0.6 is 19.4 Å². The first-order valence-corrected chi connectivity index (χ1v) is 25.6. The standard InChI is InChI=1S/C49H69ClN7O9P/c1-5-6-7-8-9-10-11-12-13-14-15-16-17-18-19-22-29-60-33-40(61-32-38-25-26-39(30-51)54-31-38)34-62-67(58,66-44-24-21-20-23-41(44)50)63-36-49(35-52,59-4)46-45(64-48(2,3)65-46)42-27-28-43-47(53)55-37-56-57(42)43/h20-21,23-28,31,37,40,45-46H,5-19,22,29,32-34,36H2,1-4H3,(H2,53,55,56)/t40-,45+,46+,49-,67?/m1/s1. The Morgan fingerprint density at radius 3 is 2.16 bits per heavy atom. The second-order valence-electron chi connectivity index (χ2n) is 17.4. The number of nitrogens with zero attached hydrogens (tertiary/aromatic N) is 6. The molecule has 5 rings (SSSR count). The Balaban J connectivity index is 1.20. The van der Waals surface area contributed by atoms with Gasteiger partial charge in [-0.25, -0.2) is 19.0 Å². The zero-order chi connectivity index (χ0) is 48.0. The monoisotopic (exact) mass is 965 g/mol. The van der Waals surface area contributed by atoms with Gasteiger partial charge in [0.25, 0.3) is 0 Å². The highest BCUT2D eigenvalue weighted by Crippen LogP contribution is 2.53. The number of benzene rings is 1. The lowest BCUT2D eigenvalue weighted by Crippen LogP contribution is -2.50. The highest BCUT2D eigenvalue weighted by molar-refractivity contribution is 7.49. The molecule has 2 N–H and O–H groups in total. The SMILES string of the molecule is CCCCCCCCCCCCCCCCCCOC[C@H](COP(=O)(OC[C@@](C#N)(OC)[C@H]1OC(C)(C)O[C@H]1c1ccc2c(N)ncnn12)Oc1ccccc1Cl)OCc1ccc(C#N)nc1. The summed E-state index contributed by atoms with van der Waals surface area (Å²) in [7, 11) is -3.35. The Bertz CT molecular complexity index is 2220. The zero-order valence-corrected chi connectivity index (χ0v) is 41.3. The third-order valence-corrected chi connectivity index (χ3v) is 13.3. The molecule has 4 aromatic rings. The van der Waals surface area contributed by atoms with Crippen molar-refractivity contribution in [3.63, 3.8) is 0 Å². The summed E-state index contributed by atoms with van der Waals surface area (Å²) < 4.78 is 65.3.